The van der Waals surface area contributed by atoms with Gasteiger partial charge in [0.2, 0.25) is 5.91 Å². The first-order valence-corrected chi connectivity index (χ1v) is 8.95. The van der Waals surface area contributed by atoms with Gasteiger partial charge in [-0.25, -0.2) is 4.52 Å². The summed E-state index contributed by atoms with van der Waals surface area (Å²) in [5.41, 5.74) is 1.91. The lowest BCUT2D eigenvalue weighted by atomic mass is 10.2. The third-order valence-corrected chi connectivity index (χ3v) is 4.96. The molecule has 2 atom stereocenters. The van der Waals surface area contributed by atoms with E-state index in [1.54, 1.807) is 0 Å². The third-order valence-electron chi connectivity index (χ3n) is 4.96. The van der Waals surface area contributed by atoms with Crippen molar-refractivity contribution in [2.45, 2.75) is 38.8 Å². The number of nitrogens with one attached hydrogen (secondary N) is 1. The predicted octanol–water partition coefficient (Wildman–Crippen LogP) is 1.81. The van der Waals surface area contributed by atoms with E-state index >= 15 is 0 Å². The average molecular weight is 354 g/mol. The first-order chi connectivity index (χ1) is 12.6. The lowest BCUT2D eigenvalue weighted by Gasteiger charge is -2.19. The van der Waals surface area contributed by atoms with Crippen LogP contribution in [0.2, 0.25) is 0 Å². The summed E-state index contributed by atoms with van der Waals surface area (Å²) in [5, 5.41) is 3.85. The van der Waals surface area contributed by atoms with Gasteiger partial charge < -0.3 is 10.1 Å². The number of hydrogen-bond donors (Lipinski definition) is 1. The fourth-order valence-corrected chi connectivity index (χ4v) is 3.67. The van der Waals surface area contributed by atoms with Crippen molar-refractivity contribution in [3.63, 3.8) is 0 Å². The summed E-state index contributed by atoms with van der Waals surface area (Å²) in [7, 11) is 0. The van der Waals surface area contributed by atoms with E-state index in [4.69, 9.17) is 4.74 Å². The van der Waals surface area contributed by atoms with Gasteiger partial charge in [-0.1, -0.05) is 12.1 Å². The molecule has 0 spiro atoms. The Kier molecular flexibility index (Phi) is 4.24. The van der Waals surface area contributed by atoms with Crippen LogP contribution in [-0.4, -0.2) is 39.3 Å². The molecule has 1 N–H and O–H groups in total. The summed E-state index contributed by atoms with van der Waals surface area (Å²) in [5.74, 6) is -0.0822. The van der Waals surface area contributed by atoms with Crippen LogP contribution in [0.15, 0.2) is 35.1 Å². The molecule has 136 valence electrons. The zero-order valence-corrected chi connectivity index (χ0v) is 14.9. The van der Waals surface area contributed by atoms with E-state index in [9.17, 15) is 9.59 Å². The maximum absolute atomic E-state index is 12.8. The molecule has 1 aromatic carbocycles. The molecule has 1 amide bonds. The van der Waals surface area contributed by atoms with Crippen molar-refractivity contribution in [3.8, 4) is 0 Å². The fourth-order valence-electron chi connectivity index (χ4n) is 3.67. The van der Waals surface area contributed by atoms with E-state index in [1.165, 1.54) is 6.07 Å². The average Bonchev–Trinajstić information content (AvgIpc) is 3.25. The number of aryl methyl sites for hydroxylation is 1. The van der Waals surface area contributed by atoms with Gasteiger partial charge in [0, 0.05) is 30.3 Å². The Morgan fingerprint density at radius 2 is 2.23 bits per heavy atom. The topological polar surface area (TPSA) is 77.6 Å². The van der Waals surface area contributed by atoms with Crippen LogP contribution in [0.25, 0.3) is 16.6 Å². The number of carbonyl (C=O) groups is 1. The van der Waals surface area contributed by atoms with Crippen molar-refractivity contribution in [2.75, 3.05) is 13.2 Å². The van der Waals surface area contributed by atoms with Gasteiger partial charge in [0.05, 0.1) is 11.6 Å². The molecule has 1 aliphatic heterocycles. The van der Waals surface area contributed by atoms with E-state index in [2.05, 4.69) is 10.3 Å². The Labute approximate surface area is 150 Å². The third kappa shape index (κ3) is 2.78. The van der Waals surface area contributed by atoms with Gasteiger partial charge in [-0.05, 0) is 38.8 Å². The van der Waals surface area contributed by atoms with E-state index in [0.717, 1.165) is 36.0 Å². The standard InChI is InChI=1S/C19H22N4O3/c1-12-10-17(24)21-18-15-7-3-4-8-16(15)23(22(12)18)13(2)19(25)20-11-14-6-5-9-26-14/h3-4,7-8,10,13-14H,5-6,9,11H2,1-2H3,(H,20,25). The largest absolute Gasteiger partial charge is 0.376 e. The monoisotopic (exact) mass is 354 g/mol. The van der Waals surface area contributed by atoms with Crippen LogP contribution in [0.3, 0.4) is 0 Å². The number of aromatic nitrogens is 3. The summed E-state index contributed by atoms with van der Waals surface area (Å²) < 4.78 is 9.32. The Balaban J connectivity index is 1.76. The number of benzene rings is 1. The highest BCUT2D eigenvalue weighted by atomic mass is 16.5. The minimum absolute atomic E-state index is 0.0822. The Hall–Kier alpha value is -2.67. The van der Waals surface area contributed by atoms with Crippen LogP contribution >= 0.6 is 0 Å². The van der Waals surface area contributed by atoms with Crippen molar-refractivity contribution < 1.29 is 9.53 Å². The molecule has 1 fully saturated rings. The van der Waals surface area contributed by atoms with Gasteiger partial charge in [-0.2, -0.15) is 4.98 Å². The van der Waals surface area contributed by atoms with Crippen molar-refractivity contribution in [1.82, 2.24) is 19.5 Å². The lowest BCUT2D eigenvalue weighted by Crippen LogP contribution is -2.37. The van der Waals surface area contributed by atoms with Crippen LogP contribution in [0.5, 0.6) is 0 Å². The van der Waals surface area contributed by atoms with Gasteiger partial charge in [0.25, 0.3) is 5.56 Å². The highest BCUT2D eigenvalue weighted by Crippen LogP contribution is 2.25. The zero-order valence-electron chi connectivity index (χ0n) is 14.9. The van der Waals surface area contributed by atoms with Gasteiger partial charge in [-0.3, -0.25) is 14.3 Å². The minimum Gasteiger partial charge on any atom is -0.376 e. The first-order valence-electron chi connectivity index (χ1n) is 8.95. The maximum atomic E-state index is 12.8. The van der Waals surface area contributed by atoms with Crippen molar-refractivity contribution >= 4 is 22.5 Å². The van der Waals surface area contributed by atoms with Gasteiger partial charge >= 0.3 is 0 Å². The highest BCUT2D eigenvalue weighted by molar-refractivity contribution is 5.94. The van der Waals surface area contributed by atoms with E-state index in [1.807, 2.05) is 47.3 Å². The Bertz CT molecular complexity index is 1030. The van der Waals surface area contributed by atoms with Crippen LogP contribution in [0.1, 0.15) is 31.5 Å². The molecule has 0 saturated carbocycles. The number of fused-ring (bicyclic) bond motifs is 3. The number of carbonyl (C=O) groups excluding carboxylic acids is 1. The van der Waals surface area contributed by atoms with Gasteiger partial charge in [0.15, 0.2) is 5.65 Å². The number of nitrogens with zero attached hydrogens (tertiary/aromatic N) is 3. The number of rotatable bonds is 4. The van der Waals surface area contributed by atoms with Crippen LogP contribution in [0, 0.1) is 6.92 Å². The molecule has 2 aromatic heterocycles. The van der Waals surface area contributed by atoms with Crippen molar-refractivity contribution in [2.24, 2.45) is 0 Å². The number of hydrogen-bond acceptors (Lipinski definition) is 4. The lowest BCUT2D eigenvalue weighted by molar-refractivity contribution is -0.124. The quantitative estimate of drug-likeness (QED) is 0.775. The molecule has 3 aromatic rings. The van der Waals surface area contributed by atoms with Crippen LogP contribution in [-0.2, 0) is 9.53 Å². The Morgan fingerprint density at radius 1 is 1.42 bits per heavy atom. The van der Waals surface area contributed by atoms with E-state index in [-0.39, 0.29) is 17.6 Å². The highest BCUT2D eigenvalue weighted by Gasteiger charge is 2.23. The molecule has 3 heterocycles. The summed E-state index contributed by atoms with van der Waals surface area (Å²) in [6.07, 6.45) is 2.12. The second-order valence-electron chi connectivity index (χ2n) is 6.79. The van der Waals surface area contributed by atoms with E-state index in [0.29, 0.717) is 12.2 Å². The minimum atomic E-state index is -0.457. The zero-order chi connectivity index (χ0) is 18.3. The first kappa shape index (κ1) is 16.8. The van der Waals surface area contributed by atoms with Crippen LogP contribution in [0.4, 0.5) is 0 Å². The molecule has 4 rings (SSSR count). The normalized spacial score (nSPS) is 18.5. The fraction of sp³-hybridized carbons (Fsp3) is 0.421. The molecule has 7 heteroatoms. The molecule has 0 radical (unpaired) electrons. The van der Waals surface area contributed by atoms with Gasteiger partial charge in [-0.15, -0.1) is 0 Å². The predicted molar refractivity (Wildman–Crippen MR) is 98.4 cm³/mol. The summed E-state index contributed by atoms with van der Waals surface area (Å²) >= 11 is 0. The number of ether oxygens (including phenoxy) is 1. The molecule has 0 aliphatic carbocycles. The van der Waals surface area contributed by atoms with Crippen LogP contribution < -0.4 is 10.9 Å². The molecule has 26 heavy (non-hydrogen) atoms. The SMILES string of the molecule is Cc1cc(=O)nc2c3ccccc3n(C(C)C(=O)NCC3CCCO3)n12. The molecule has 2 unspecified atom stereocenters. The molecule has 1 aliphatic rings. The maximum Gasteiger partial charge on any atom is 0.273 e. The second-order valence-corrected chi connectivity index (χ2v) is 6.79. The molecule has 7 nitrogen and oxygen atoms in total. The smallest absolute Gasteiger partial charge is 0.273 e. The number of amides is 1. The number of para-hydroxylation sites is 1. The second kappa shape index (κ2) is 6.57. The molecule has 1 saturated heterocycles. The molecular weight excluding hydrogens is 332 g/mol. The summed E-state index contributed by atoms with van der Waals surface area (Å²) in [6.45, 7) is 4.99. The van der Waals surface area contributed by atoms with Crippen molar-refractivity contribution in [3.05, 3.63) is 46.4 Å². The molecular formula is C19H22N4O3. The molecule has 0 bridgehead atoms. The van der Waals surface area contributed by atoms with Crippen molar-refractivity contribution in [1.29, 1.82) is 0 Å². The van der Waals surface area contributed by atoms with Gasteiger partial charge in [0.1, 0.15) is 6.04 Å². The van der Waals surface area contributed by atoms with E-state index < -0.39 is 6.04 Å². The summed E-state index contributed by atoms with van der Waals surface area (Å²) in [6, 6.07) is 8.72. The Morgan fingerprint density at radius 3 is 3.00 bits per heavy atom. The summed E-state index contributed by atoms with van der Waals surface area (Å²) in [4.78, 5) is 28.8.